The van der Waals surface area contributed by atoms with Gasteiger partial charge in [0.05, 0.1) is 12.5 Å². The standard InChI is InChI=1S/C21H20Cl2N2O4/c22-15-3-1-2-13(8-15)20-19(14-6-7-17(23)24-10-14)25(11-12-4-5-12)21(28)16(29-20)9-18(26)27/h1-3,6-8,10,12,16,19-20H,4-5,9,11H2,(H,26,27)/t16-,19+,20+/m0/s1. The molecule has 1 aliphatic carbocycles. The van der Waals surface area contributed by atoms with Gasteiger partial charge >= 0.3 is 5.97 Å². The van der Waals surface area contributed by atoms with E-state index in [9.17, 15) is 14.7 Å². The van der Waals surface area contributed by atoms with Crippen LogP contribution in [0.2, 0.25) is 10.2 Å². The maximum Gasteiger partial charge on any atom is 0.306 e. The van der Waals surface area contributed by atoms with E-state index < -0.39 is 24.2 Å². The normalized spacial score (nSPS) is 24.6. The largest absolute Gasteiger partial charge is 0.481 e. The first-order valence-corrected chi connectivity index (χ1v) is 10.2. The second-order valence-corrected chi connectivity index (χ2v) is 8.31. The van der Waals surface area contributed by atoms with Crippen molar-refractivity contribution in [3.63, 3.8) is 0 Å². The first kappa shape index (κ1) is 20.1. The van der Waals surface area contributed by atoms with Gasteiger partial charge in [-0.1, -0.05) is 41.4 Å². The number of benzene rings is 1. The Balaban J connectivity index is 1.78. The van der Waals surface area contributed by atoms with Gasteiger partial charge in [0.25, 0.3) is 5.91 Å². The van der Waals surface area contributed by atoms with Gasteiger partial charge in [-0.25, -0.2) is 4.98 Å². The van der Waals surface area contributed by atoms with Crippen molar-refractivity contribution in [3.05, 3.63) is 63.9 Å². The average Bonchev–Trinajstić information content (AvgIpc) is 3.49. The summed E-state index contributed by atoms with van der Waals surface area (Å²) in [6, 6.07) is 10.3. The average molecular weight is 435 g/mol. The van der Waals surface area contributed by atoms with Gasteiger partial charge in [-0.15, -0.1) is 0 Å². The van der Waals surface area contributed by atoms with Crippen LogP contribution in [0.25, 0.3) is 0 Å². The van der Waals surface area contributed by atoms with E-state index in [2.05, 4.69) is 4.98 Å². The number of carbonyl (C=O) groups is 2. The van der Waals surface area contributed by atoms with E-state index in [1.165, 1.54) is 0 Å². The summed E-state index contributed by atoms with van der Waals surface area (Å²) in [5, 5.41) is 10.2. The first-order chi connectivity index (χ1) is 13.9. The number of aliphatic carboxylic acids is 1. The van der Waals surface area contributed by atoms with Crippen molar-refractivity contribution in [2.45, 2.75) is 37.5 Å². The fourth-order valence-electron chi connectivity index (χ4n) is 3.73. The summed E-state index contributed by atoms with van der Waals surface area (Å²) in [5.41, 5.74) is 1.56. The molecule has 2 aliphatic rings. The molecule has 1 aromatic carbocycles. The summed E-state index contributed by atoms with van der Waals surface area (Å²) >= 11 is 12.2. The van der Waals surface area contributed by atoms with Crippen LogP contribution in [0.1, 0.15) is 42.5 Å². The van der Waals surface area contributed by atoms with Crippen LogP contribution in [0.15, 0.2) is 42.6 Å². The zero-order valence-corrected chi connectivity index (χ0v) is 17.0. The number of rotatable bonds is 6. The molecular weight excluding hydrogens is 415 g/mol. The summed E-state index contributed by atoms with van der Waals surface area (Å²) in [7, 11) is 0. The molecule has 1 aromatic heterocycles. The predicted molar refractivity (Wildman–Crippen MR) is 108 cm³/mol. The molecular formula is C21H20Cl2N2O4. The summed E-state index contributed by atoms with van der Waals surface area (Å²) in [5.74, 6) is -0.964. The van der Waals surface area contributed by atoms with Gasteiger partial charge in [-0.3, -0.25) is 9.59 Å². The maximum atomic E-state index is 13.2. The van der Waals surface area contributed by atoms with Crippen LogP contribution >= 0.6 is 23.2 Å². The van der Waals surface area contributed by atoms with Gasteiger partial charge in [0.15, 0.2) is 0 Å². The van der Waals surface area contributed by atoms with E-state index in [1.807, 2.05) is 18.2 Å². The highest BCUT2D eigenvalue weighted by Gasteiger charge is 2.46. The van der Waals surface area contributed by atoms with Crippen LogP contribution < -0.4 is 0 Å². The molecule has 3 atom stereocenters. The minimum absolute atomic E-state index is 0.308. The second kappa shape index (κ2) is 8.30. The number of morpholine rings is 1. The molecule has 2 heterocycles. The van der Waals surface area contributed by atoms with Gasteiger partial charge < -0.3 is 14.7 Å². The third-order valence-electron chi connectivity index (χ3n) is 5.27. The highest BCUT2D eigenvalue weighted by Crippen LogP contribution is 2.45. The molecule has 1 amide bonds. The molecule has 1 saturated carbocycles. The van der Waals surface area contributed by atoms with E-state index in [0.29, 0.717) is 22.6 Å². The minimum atomic E-state index is -1.08. The quantitative estimate of drug-likeness (QED) is 0.686. The summed E-state index contributed by atoms with van der Waals surface area (Å²) in [6.07, 6.45) is 1.74. The molecule has 2 fully saturated rings. The monoisotopic (exact) mass is 434 g/mol. The number of amides is 1. The topological polar surface area (TPSA) is 79.7 Å². The number of halogens is 2. The van der Waals surface area contributed by atoms with Crippen LogP contribution in [0, 0.1) is 5.92 Å². The smallest absolute Gasteiger partial charge is 0.306 e. The molecule has 0 radical (unpaired) electrons. The lowest BCUT2D eigenvalue weighted by molar-refractivity contribution is -0.179. The molecule has 1 aliphatic heterocycles. The van der Waals surface area contributed by atoms with Crippen molar-refractivity contribution in [3.8, 4) is 0 Å². The SMILES string of the molecule is O=C(O)C[C@@H]1O[C@H](c2cccc(Cl)c2)[C@@H](c2ccc(Cl)nc2)N(CC2CC2)C1=O. The number of carbonyl (C=O) groups excluding carboxylic acids is 1. The Morgan fingerprint density at radius 1 is 1.21 bits per heavy atom. The molecule has 6 nitrogen and oxygen atoms in total. The highest BCUT2D eigenvalue weighted by molar-refractivity contribution is 6.30. The van der Waals surface area contributed by atoms with Crippen LogP contribution in [0.3, 0.4) is 0 Å². The van der Waals surface area contributed by atoms with Gasteiger partial charge in [-0.2, -0.15) is 0 Å². The molecule has 1 saturated heterocycles. The molecule has 8 heteroatoms. The van der Waals surface area contributed by atoms with Crippen LogP contribution in [0.5, 0.6) is 0 Å². The molecule has 1 N–H and O–H groups in total. The van der Waals surface area contributed by atoms with Gasteiger partial charge in [0.2, 0.25) is 0 Å². The first-order valence-electron chi connectivity index (χ1n) is 9.47. The molecule has 0 unspecified atom stereocenters. The van der Waals surface area contributed by atoms with Crippen molar-refractivity contribution in [2.75, 3.05) is 6.54 Å². The van der Waals surface area contributed by atoms with E-state index in [4.69, 9.17) is 27.9 Å². The van der Waals surface area contributed by atoms with Crippen LogP contribution in [-0.2, 0) is 14.3 Å². The fraction of sp³-hybridized carbons (Fsp3) is 0.381. The van der Waals surface area contributed by atoms with Gasteiger partial charge in [-0.05, 0) is 48.1 Å². The van der Waals surface area contributed by atoms with Crippen molar-refractivity contribution in [1.29, 1.82) is 0 Å². The predicted octanol–water partition coefficient (Wildman–Crippen LogP) is 4.28. The zero-order valence-electron chi connectivity index (χ0n) is 15.5. The van der Waals surface area contributed by atoms with E-state index in [1.54, 1.807) is 29.3 Å². The number of nitrogens with zero attached hydrogens (tertiary/aromatic N) is 2. The van der Waals surface area contributed by atoms with Gasteiger partial charge in [0.1, 0.15) is 17.4 Å². The number of hydrogen-bond donors (Lipinski definition) is 1. The van der Waals surface area contributed by atoms with Crippen molar-refractivity contribution in [1.82, 2.24) is 9.88 Å². The Bertz CT molecular complexity index is 917. The third kappa shape index (κ3) is 4.55. The van der Waals surface area contributed by atoms with Crippen molar-refractivity contribution < 1.29 is 19.4 Å². The summed E-state index contributed by atoms with van der Waals surface area (Å²) in [4.78, 5) is 30.5. The maximum absolute atomic E-state index is 13.2. The molecule has 29 heavy (non-hydrogen) atoms. The number of carboxylic acids is 1. The summed E-state index contributed by atoms with van der Waals surface area (Å²) in [6.45, 7) is 0.558. The number of ether oxygens (including phenoxy) is 1. The Morgan fingerprint density at radius 2 is 2.00 bits per heavy atom. The Kier molecular flexibility index (Phi) is 5.76. The molecule has 4 rings (SSSR count). The molecule has 2 aromatic rings. The summed E-state index contributed by atoms with van der Waals surface area (Å²) < 4.78 is 6.09. The molecule has 152 valence electrons. The molecule has 0 spiro atoms. The number of hydrogen-bond acceptors (Lipinski definition) is 4. The Labute approximate surface area is 178 Å². The zero-order chi connectivity index (χ0) is 20.5. The number of pyridine rings is 1. The van der Waals surface area contributed by atoms with Crippen LogP contribution in [0.4, 0.5) is 0 Å². The van der Waals surface area contributed by atoms with Crippen molar-refractivity contribution >= 4 is 35.1 Å². The van der Waals surface area contributed by atoms with Crippen LogP contribution in [-0.4, -0.2) is 39.5 Å². The van der Waals surface area contributed by atoms with E-state index in [-0.39, 0.29) is 12.3 Å². The lowest BCUT2D eigenvalue weighted by Crippen LogP contribution is -2.52. The Hall–Kier alpha value is -2.15. The second-order valence-electron chi connectivity index (χ2n) is 7.49. The van der Waals surface area contributed by atoms with Crippen molar-refractivity contribution in [2.24, 2.45) is 5.92 Å². The number of carboxylic acid groups (broad SMARTS) is 1. The lowest BCUT2D eigenvalue weighted by atomic mass is 9.91. The number of aromatic nitrogens is 1. The molecule has 0 bridgehead atoms. The fourth-order valence-corrected chi connectivity index (χ4v) is 4.04. The Morgan fingerprint density at radius 3 is 2.62 bits per heavy atom. The minimum Gasteiger partial charge on any atom is -0.481 e. The van der Waals surface area contributed by atoms with E-state index >= 15 is 0 Å². The third-order valence-corrected chi connectivity index (χ3v) is 5.73. The highest BCUT2D eigenvalue weighted by atomic mass is 35.5. The lowest BCUT2D eigenvalue weighted by Gasteiger charge is -2.44. The van der Waals surface area contributed by atoms with Gasteiger partial charge in [0, 0.05) is 17.8 Å². The van der Waals surface area contributed by atoms with E-state index in [0.717, 1.165) is 24.0 Å².